The summed E-state index contributed by atoms with van der Waals surface area (Å²) in [7, 11) is 0. The van der Waals surface area contributed by atoms with Crippen LogP contribution < -0.4 is 4.74 Å². The van der Waals surface area contributed by atoms with Gasteiger partial charge >= 0.3 is 0 Å². The summed E-state index contributed by atoms with van der Waals surface area (Å²) in [4.78, 5) is 3.97. The first kappa shape index (κ1) is 14.0. The number of aromatic nitrogens is 1. The highest BCUT2D eigenvalue weighted by atomic mass is 35.5. The van der Waals surface area contributed by atoms with E-state index in [9.17, 15) is 8.78 Å². The Labute approximate surface area is 125 Å². The molecule has 21 heavy (non-hydrogen) atoms. The lowest BCUT2D eigenvalue weighted by Crippen LogP contribution is -2.48. The summed E-state index contributed by atoms with van der Waals surface area (Å²) < 4.78 is 31.5. The van der Waals surface area contributed by atoms with E-state index in [4.69, 9.17) is 21.6 Å². The molecule has 108 valence electrons. The largest absolute Gasteiger partial charge is 0.492 e. The van der Waals surface area contributed by atoms with Crippen molar-refractivity contribution >= 4 is 22.4 Å². The molecule has 2 aromatic rings. The Hall–Kier alpha value is -1.93. The van der Waals surface area contributed by atoms with Crippen molar-refractivity contribution in [2.24, 2.45) is 5.41 Å². The standard InChI is InChI=1S/C15H11ClF2N2O/c16-13-12-2-1-11(5-10(12)3-4-20-13)21-9-14(8-19)6-15(17,18)7-14/h1-5H,6-7,9H2. The van der Waals surface area contributed by atoms with Gasteiger partial charge in [0.05, 0.1) is 6.07 Å². The Balaban J connectivity index is 1.76. The molecule has 3 nitrogen and oxygen atoms in total. The number of fused-ring (bicyclic) bond motifs is 1. The van der Waals surface area contributed by atoms with E-state index in [2.05, 4.69) is 4.98 Å². The second kappa shape index (κ2) is 4.81. The zero-order valence-electron chi connectivity index (χ0n) is 10.9. The van der Waals surface area contributed by atoms with E-state index in [1.807, 2.05) is 6.07 Å². The molecule has 1 aromatic carbocycles. The highest BCUT2D eigenvalue weighted by Crippen LogP contribution is 2.51. The Bertz CT molecular complexity index is 734. The van der Waals surface area contributed by atoms with Crippen LogP contribution in [0.5, 0.6) is 5.75 Å². The third-order valence-corrected chi connectivity index (χ3v) is 3.93. The Morgan fingerprint density at radius 1 is 1.33 bits per heavy atom. The van der Waals surface area contributed by atoms with Crippen LogP contribution in [0.25, 0.3) is 10.8 Å². The number of ether oxygens (including phenoxy) is 1. The normalized spacial score (nSPS) is 18.8. The van der Waals surface area contributed by atoms with Crippen molar-refractivity contribution in [2.45, 2.75) is 18.8 Å². The first-order chi connectivity index (χ1) is 9.93. The summed E-state index contributed by atoms with van der Waals surface area (Å²) in [6.07, 6.45) is 0.692. The van der Waals surface area contributed by atoms with Gasteiger partial charge in [0.25, 0.3) is 5.92 Å². The van der Waals surface area contributed by atoms with Gasteiger partial charge < -0.3 is 4.74 Å². The molecule has 1 aliphatic carbocycles. The highest BCUT2D eigenvalue weighted by Gasteiger charge is 2.57. The number of halogens is 3. The van der Waals surface area contributed by atoms with E-state index in [-0.39, 0.29) is 6.61 Å². The van der Waals surface area contributed by atoms with Crippen LogP contribution in [0.15, 0.2) is 30.5 Å². The van der Waals surface area contributed by atoms with Gasteiger partial charge in [-0.25, -0.2) is 13.8 Å². The van der Waals surface area contributed by atoms with Crippen molar-refractivity contribution in [3.63, 3.8) is 0 Å². The number of pyridine rings is 1. The van der Waals surface area contributed by atoms with Crippen LogP contribution in [0.1, 0.15) is 12.8 Å². The minimum Gasteiger partial charge on any atom is -0.492 e. The van der Waals surface area contributed by atoms with Crippen LogP contribution in [0, 0.1) is 16.7 Å². The fraction of sp³-hybridized carbons (Fsp3) is 0.333. The van der Waals surface area contributed by atoms with E-state index < -0.39 is 24.2 Å². The third kappa shape index (κ3) is 2.64. The van der Waals surface area contributed by atoms with Crippen LogP contribution in [0.4, 0.5) is 8.78 Å². The Morgan fingerprint density at radius 3 is 2.76 bits per heavy atom. The zero-order valence-corrected chi connectivity index (χ0v) is 11.7. The molecule has 0 bridgehead atoms. The molecule has 1 saturated carbocycles. The fourth-order valence-electron chi connectivity index (χ4n) is 2.58. The van der Waals surface area contributed by atoms with E-state index in [1.165, 1.54) is 0 Å². The molecule has 6 heteroatoms. The molecule has 1 heterocycles. The van der Waals surface area contributed by atoms with Crippen LogP contribution in [-0.2, 0) is 0 Å². The maximum absolute atomic E-state index is 13.0. The van der Waals surface area contributed by atoms with Gasteiger partial charge in [0.1, 0.15) is 22.9 Å². The number of nitrogens with zero attached hydrogens (tertiary/aromatic N) is 2. The predicted octanol–water partition coefficient (Wildman–Crippen LogP) is 4.21. The van der Waals surface area contributed by atoms with Gasteiger partial charge in [0, 0.05) is 24.4 Å². The molecule has 1 fully saturated rings. The minimum atomic E-state index is -2.75. The number of benzene rings is 1. The molecule has 0 spiro atoms. The van der Waals surface area contributed by atoms with Crippen molar-refractivity contribution in [1.82, 2.24) is 4.98 Å². The summed E-state index contributed by atoms with van der Waals surface area (Å²) in [6.45, 7) is -0.0383. The van der Waals surface area contributed by atoms with Crippen LogP contribution in [0.2, 0.25) is 5.15 Å². The third-order valence-electron chi connectivity index (χ3n) is 3.63. The molecule has 0 amide bonds. The zero-order chi connectivity index (χ0) is 15.1. The van der Waals surface area contributed by atoms with Crippen molar-refractivity contribution in [2.75, 3.05) is 6.61 Å². The van der Waals surface area contributed by atoms with Crippen molar-refractivity contribution < 1.29 is 13.5 Å². The molecule has 0 N–H and O–H groups in total. The SMILES string of the molecule is N#CC1(COc2ccc3c(Cl)nccc3c2)CC(F)(F)C1. The molecule has 0 aliphatic heterocycles. The smallest absolute Gasteiger partial charge is 0.251 e. The summed E-state index contributed by atoms with van der Waals surface area (Å²) >= 11 is 5.97. The summed E-state index contributed by atoms with van der Waals surface area (Å²) in [5, 5.41) is 11.1. The Kier molecular flexibility index (Phi) is 3.22. The average Bonchev–Trinajstić information content (AvgIpc) is 2.42. The molecule has 0 radical (unpaired) electrons. The number of rotatable bonds is 3. The molecule has 3 rings (SSSR count). The molecule has 0 saturated heterocycles. The quantitative estimate of drug-likeness (QED) is 0.798. The summed E-state index contributed by atoms with van der Waals surface area (Å²) in [6, 6.07) is 8.94. The second-order valence-corrected chi connectivity index (χ2v) is 5.73. The highest BCUT2D eigenvalue weighted by molar-refractivity contribution is 6.34. The minimum absolute atomic E-state index is 0.0383. The lowest BCUT2D eigenvalue weighted by Gasteiger charge is -2.41. The van der Waals surface area contributed by atoms with Gasteiger partial charge in [-0.15, -0.1) is 0 Å². The van der Waals surface area contributed by atoms with Gasteiger partial charge in [0.15, 0.2) is 0 Å². The molecule has 0 atom stereocenters. The maximum Gasteiger partial charge on any atom is 0.251 e. The molecular weight excluding hydrogens is 298 g/mol. The van der Waals surface area contributed by atoms with Crippen molar-refractivity contribution in [3.05, 3.63) is 35.6 Å². The first-order valence-electron chi connectivity index (χ1n) is 6.39. The summed E-state index contributed by atoms with van der Waals surface area (Å²) in [5.41, 5.74) is -1.09. The second-order valence-electron chi connectivity index (χ2n) is 5.38. The monoisotopic (exact) mass is 308 g/mol. The molecule has 0 unspecified atom stereocenters. The number of hydrogen-bond acceptors (Lipinski definition) is 3. The van der Waals surface area contributed by atoms with Crippen molar-refractivity contribution in [1.29, 1.82) is 5.26 Å². The van der Waals surface area contributed by atoms with Gasteiger partial charge in [-0.05, 0) is 29.7 Å². The first-order valence-corrected chi connectivity index (χ1v) is 6.77. The van der Waals surface area contributed by atoms with Gasteiger partial charge in [-0.3, -0.25) is 0 Å². The van der Waals surface area contributed by atoms with E-state index in [1.54, 1.807) is 30.5 Å². The maximum atomic E-state index is 13.0. The molecule has 1 aromatic heterocycles. The van der Waals surface area contributed by atoms with Crippen molar-refractivity contribution in [3.8, 4) is 11.8 Å². The summed E-state index contributed by atoms with van der Waals surface area (Å²) in [5.74, 6) is -2.23. The lowest BCUT2D eigenvalue weighted by molar-refractivity contribution is -0.148. The fourth-order valence-corrected chi connectivity index (χ4v) is 2.81. The topological polar surface area (TPSA) is 45.9 Å². The van der Waals surface area contributed by atoms with E-state index in [0.29, 0.717) is 10.9 Å². The average molecular weight is 309 g/mol. The lowest BCUT2D eigenvalue weighted by atomic mass is 9.67. The van der Waals surface area contributed by atoms with Crippen LogP contribution in [0.3, 0.4) is 0 Å². The molecular formula is C15H11ClF2N2O. The van der Waals surface area contributed by atoms with E-state index in [0.717, 1.165) is 10.8 Å². The predicted molar refractivity (Wildman–Crippen MR) is 74.5 cm³/mol. The van der Waals surface area contributed by atoms with Gasteiger partial charge in [-0.1, -0.05) is 11.6 Å². The number of hydrogen-bond donors (Lipinski definition) is 0. The van der Waals surface area contributed by atoms with E-state index >= 15 is 0 Å². The Morgan fingerprint density at radius 2 is 2.10 bits per heavy atom. The van der Waals surface area contributed by atoms with Gasteiger partial charge in [-0.2, -0.15) is 5.26 Å². The number of nitriles is 1. The molecule has 1 aliphatic rings. The number of alkyl halides is 2. The van der Waals surface area contributed by atoms with Gasteiger partial charge in [0.2, 0.25) is 0 Å². The van der Waals surface area contributed by atoms with Crippen LogP contribution in [-0.4, -0.2) is 17.5 Å². The van der Waals surface area contributed by atoms with Crippen LogP contribution >= 0.6 is 11.6 Å².